The van der Waals surface area contributed by atoms with Gasteiger partial charge in [0.2, 0.25) is 11.8 Å². The Labute approximate surface area is 172 Å². The quantitative estimate of drug-likeness (QED) is 0.685. The summed E-state index contributed by atoms with van der Waals surface area (Å²) in [4.78, 5) is 40.0. The van der Waals surface area contributed by atoms with Gasteiger partial charge >= 0.3 is 0 Å². The molecule has 0 heterocycles. The first kappa shape index (κ1) is 22.1. The van der Waals surface area contributed by atoms with Crippen molar-refractivity contribution in [3.63, 3.8) is 0 Å². The molecule has 0 unspecified atom stereocenters. The number of aryl methyl sites for hydroxylation is 1. The van der Waals surface area contributed by atoms with Gasteiger partial charge in [0.25, 0.3) is 0 Å². The molecule has 0 aromatic heterocycles. The number of hydrogen-bond acceptors (Lipinski definition) is 4. The highest BCUT2D eigenvalue weighted by Crippen LogP contribution is 2.26. The van der Waals surface area contributed by atoms with E-state index in [4.69, 9.17) is 0 Å². The Hall–Kier alpha value is -3.15. The third kappa shape index (κ3) is 5.67. The van der Waals surface area contributed by atoms with E-state index in [2.05, 4.69) is 24.1 Å². The largest absolute Gasteiger partial charge is 0.372 e. The van der Waals surface area contributed by atoms with Gasteiger partial charge in [-0.2, -0.15) is 0 Å². The van der Waals surface area contributed by atoms with Crippen molar-refractivity contribution in [1.82, 2.24) is 0 Å². The van der Waals surface area contributed by atoms with Crippen LogP contribution in [0.2, 0.25) is 0 Å². The fraction of sp³-hybridized carbons (Fsp3) is 0.348. The van der Waals surface area contributed by atoms with Gasteiger partial charge in [-0.15, -0.1) is 0 Å². The van der Waals surface area contributed by atoms with Crippen LogP contribution in [0.4, 0.5) is 17.1 Å². The zero-order valence-corrected chi connectivity index (χ0v) is 17.8. The lowest BCUT2D eigenvalue weighted by atomic mass is 10.1. The summed E-state index contributed by atoms with van der Waals surface area (Å²) in [5.41, 5.74) is 3.77. The Morgan fingerprint density at radius 1 is 0.966 bits per heavy atom. The zero-order valence-electron chi connectivity index (χ0n) is 17.8. The molecule has 2 aromatic rings. The van der Waals surface area contributed by atoms with Crippen LogP contribution in [0.25, 0.3) is 0 Å². The number of benzene rings is 2. The summed E-state index contributed by atoms with van der Waals surface area (Å²) in [6.07, 6.45) is 0. The van der Waals surface area contributed by atoms with Crippen LogP contribution in [0.5, 0.6) is 0 Å². The molecule has 0 aliphatic rings. The molecule has 0 fully saturated rings. The predicted octanol–water partition coefficient (Wildman–Crippen LogP) is 4.04. The van der Waals surface area contributed by atoms with Crippen LogP contribution in [0, 0.1) is 6.92 Å². The second-order valence-corrected chi connectivity index (χ2v) is 6.93. The van der Waals surface area contributed by atoms with E-state index in [1.807, 2.05) is 25.1 Å². The Morgan fingerprint density at radius 3 is 2.21 bits per heavy atom. The van der Waals surface area contributed by atoms with Gasteiger partial charge in [0, 0.05) is 42.6 Å². The highest BCUT2D eigenvalue weighted by Gasteiger charge is 2.19. The van der Waals surface area contributed by atoms with Gasteiger partial charge < -0.3 is 15.1 Å². The number of rotatable bonds is 8. The highest BCUT2D eigenvalue weighted by atomic mass is 16.2. The third-order valence-corrected chi connectivity index (χ3v) is 4.83. The molecular formula is C23H29N3O3. The predicted molar refractivity (Wildman–Crippen MR) is 118 cm³/mol. The molecule has 0 atom stereocenters. The minimum atomic E-state index is -0.326. The average Bonchev–Trinajstić information content (AvgIpc) is 2.67. The summed E-state index contributed by atoms with van der Waals surface area (Å²) in [6, 6.07) is 12.6. The van der Waals surface area contributed by atoms with Crippen molar-refractivity contribution in [1.29, 1.82) is 0 Å². The van der Waals surface area contributed by atoms with Gasteiger partial charge in [0.1, 0.15) is 6.54 Å². The van der Waals surface area contributed by atoms with Crippen LogP contribution < -0.4 is 15.1 Å². The van der Waals surface area contributed by atoms with E-state index in [1.165, 1.54) is 18.7 Å². The molecule has 0 bridgehead atoms. The van der Waals surface area contributed by atoms with Crippen LogP contribution >= 0.6 is 0 Å². The first-order valence-electron chi connectivity index (χ1n) is 9.81. The van der Waals surface area contributed by atoms with Gasteiger partial charge in [-0.05, 0) is 63.6 Å². The monoisotopic (exact) mass is 395 g/mol. The van der Waals surface area contributed by atoms with Crippen molar-refractivity contribution in [2.24, 2.45) is 0 Å². The third-order valence-electron chi connectivity index (χ3n) is 4.83. The minimum absolute atomic E-state index is 0.0737. The normalized spacial score (nSPS) is 10.4. The lowest BCUT2D eigenvalue weighted by Gasteiger charge is -2.26. The molecule has 2 rings (SSSR count). The summed E-state index contributed by atoms with van der Waals surface area (Å²) in [5.74, 6) is -0.611. The van der Waals surface area contributed by atoms with Crippen LogP contribution in [-0.4, -0.2) is 37.2 Å². The lowest BCUT2D eigenvalue weighted by Crippen LogP contribution is -2.37. The number of Topliss-reactive ketones (excluding diaryl/α,β-unsaturated/α-hetero) is 1. The molecule has 0 radical (unpaired) electrons. The number of ketones is 1. The summed E-state index contributed by atoms with van der Waals surface area (Å²) < 4.78 is 0. The minimum Gasteiger partial charge on any atom is -0.372 e. The van der Waals surface area contributed by atoms with Gasteiger partial charge in [-0.1, -0.05) is 12.1 Å². The molecule has 6 heteroatoms. The van der Waals surface area contributed by atoms with E-state index in [0.717, 1.165) is 24.3 Å². The van der Waals surface area contributed by atoms with E-state index in [9.17, 15) is 14.4 Å². The van der Waals surface area contributed by atoms with Gasteiger partial charge in [-0.25, -0.2) is 0 Å². The maximum absolute atomic E-state index is 12.6. The summed E-state index contributed by atoms with van der Waals surface area (Å²) >= 11 is 0. The Kier molecular flexibility index (Phi) is 7.53. The number of anilines is 3. The van der Waals surface area contributed by atoms with Crippen LogP contribution in [0.1, 0.15) is 43.6 Å². The first-order chi connectivity index (χ1) is 13.8. The fourth-order valence-electron chi connectivity index (χ4n) is 3.25. The fourth-order valence-corrected chi connectivity index (χ4v) is 3.25. The number of nitrogens with zero attached hydrogens (tertiary/aromatic N) is 2. The Morgan fingerprint density at radius 2 is 1.66 bits per heavy atom. The van der Waals surface area contributed by atoms with Gasteiger partial charge in [0.05, 0.1) is 0 Å². The molecule has 6 nitrogen and oxygen atoms in total. The van der Waals surface area contributed by atoms with Crippen molar-refractivity contribution in [2.75, 3.05) is 34.8 Å². The number of nitrogens with one attached hydrogen (secondary N) is 1. The SMILES string of the molecule is CCN(CC)c1ccc(N(CC(=O)Nc2cccc(C(C)=O)c2)C(C)=O)c(C)c1. The van der Waals surface area contributed by atoms with Crippen LogP contribution in [0.3, 0.4) is 0 Å². The van der Waals surface area contributed by atoms with E-state index in [0.29, 0.717) is 16.9 Å². The van der Waals surface area contributed by atoms with Crippen molar-refractivity contribution >= 4 is 34.7 Å². The molecule has 0 saturated carbocycles. The smallest absolute Gasteiger partial charge is 0.244 e. The molecular weight excluding hydrogens is 366 g/mol. The summed E-state index contributed by atoms with van der Waals surface area (Å²) in [7, 11) is 0. The maximum Gasteiger partial charge on any atom is 0.244 e. The molecule has 0 spiro atoms. The van der Waals surface area contributed by atoms with Crippen molar-refractivity contribution in [3.8, 4) is 0 Å². The zero-order chi connectivity index (χ0) is 21.6. The first-order valence-corrected chi connectivity index (χ1v) is 9.81. The number of carbonyl (C=O) groups excluding carboxylic acids is 3. The molecule has 0 aliphatic heterocycles. The standard InChI is InChI=1S/C23H29N3O3/c1-6-25(7-2)21-11-12-22(16(3)13-21)26(18(5)28)15-23(29)24-20-10-8-9-19(14-20)17(4)27/h8-14H,6-7,15H2,1-5H3,(H,24,29). The highest BCUT2D eigenvalue weighted by molar-refractivity contribution is 6.03. The molecule has 2 amide bonds. The molecule has 0 aliphatic carbocycles. The maximum atomic E-state index is 12.6. The second kappa shape index (κ2) is 9.87. The number of amides is 2. The molecule has 29 heavy (non-hydrogen) atoms. The summed E-state index contributed by atoms with van der Waals surface area (Å²) in [6.45, 7) is 10.7. The van der Waals surface area contributed by atoms with Gasteiger partial charge in [0.15, 0.2) is 5.78 Å². The van der Waals surface area contributed by atoms with E-state index in [-0.39, 0.29) is 24.1 Å². The molecule has 1 N–H and O–H groups in total. The number of hydrogen-bond donors (Lipinski definition) is 1. The average molecular weight is 396 g/mol. The van der Waals surface area contributed by atoms with Crippen molar-refractivity contribution < 1.29 is 14.4 Å². The Bertz CT molecular complexity index is 904. The van der Waals surface area contributed by atoms with Crippen LogP contribution in [-0.2, 0) is 9.59 Å². The Balaban J connectivity index is 2.20. The summed E-state index contributed by atoms with van der Waals surface area (Å²) in [5, 5.41) is 2.77. The molecule has 0 saturated heterocycles. The van der Waals surface area contributed by atoms with Gasteiger partial charge in [-0.3, -0.25) is 14.4 Å². The van der Waals surface area contributed by atoms with Crippen molar-refractivity contribution in [3.05, 3.63) is 53.6 Å². The topological polar surface area (TPSA) is 69.7 Å². The van der Waals surface area contributed by atoms with E-state index in [1.54, 1.807) is 24.3 Å². The second-order valence-electron chi connectivity index (χ2n) is 6.93. The number of carbonyl (C=O) groups is 3. The van der Waals surface area contributed by atoms with Crippen molar-refractivity contribution in [2.45, 2.75) is 34.6 Å². The molecule has 2 aromatic carbocycles. The van der Waals surface area contributed by atoms with E-state index >= 15 is 0 Å². The lowest BCUT2D eigenvalue weighted by molar-refractivity contribution is -0.120. The van der Waals surface area contributed by atoms with E-state index < -0.39 is 0 Å². The van der Waals surface area contributed by atoms with Crippen LogP contribution in [0.15, 0.2) is 42.5 Å². The molecule has 154 valence electrons.